The maximum atomic E-state index is 13.2. The van der Waals surface area contributed by atoms with Crippen molar-refractivity contribution in [3.8, 4) is 11.5 Å². The van der Waals surface area contributed by atoms with Gasteiger partial charge in [-0.3, -0.25) is 0 Å². The molecule has 0 radical (unpaired) electrons. The standard InChI is InChI=1S/C9H11FO3/c1-9(2,13)5-3-4-6(11)8(12)7(5)10/h3-4,11-13H,1-2H3. The van der Waals surface area contributed by atoms with Gasteiger partial charge in [-0.05, 0) is 26.0 Å². The van der Waals surface area contributed by atoms with Gasteiger partial charge >= 0.3 is 0 Å². The molecule has 72 valence electrons. The van der Waals surface area contributed by atoms with E-state index in [0.29, 0.717) is 0 Å². The van der Waals surface area contributed by atoms with Crippen LogP contribution in [0.4, 0.5) is 4.39 Å². The van der Waals surface area contributed by atoms with Gasteiger partial charge in [0.2, 0.25) is 0 Å². The van der Waals surface area contributed by atoms with Gasteiger partial charge in [0, 0.05) is 5.56 Å². The fraction of sp³-hybridized carbons (Fsp3) is 0.333. The average molecular weight is 186 g/mol. The fourth-order valence-electron chi connectivity index (χ4n) is 1.03. The van der Waals surface area contributed by atoms with Crippen molar-refractivity contribution in [1.82, 2.24) is 0 Å². The van der Waals surface area contributed by atoms with Crippen molar-refractivity contribution in [1.29, 1.82) is 0 Å². The molecule has 0 aliphatic heterocycles. The summed E-state index contributed by atoms with van der Waals surface area (Å²) in [5.41, 5.74) is -1.43. The summed E-state index contributed by atoms with van der Waals surface area (Å²) in [5, 5.41) is 27.4. The van der Waals surface area contributed by atoms with Gasteiger partial charge in [-0.2, -0.15) is 0 Å². The second-order valence-corrected chi connectivity index (χ2v) is 3.35. The molecule has 0 unspecified atom stereocenters. The third-order valence-corrected chi connectivity index (χ3v) is 1.75. The first-order valence-electron chi connectivity index (χ1n) is 3.77. The van der Waals surface area contributed by atoms with E-state index in [0.717, 1.165) is 6.07 Å². The largest absolute Gasteiger partial charge is 0.504 e. The number of halogens is 1. The molecule has 0 aliphatic rings. The molecule has 0 spiro atoms. The molecule has 0 atom stereocenters. The van der Waals surface area contributed by atoms with Gasteiger partial charge in [0.25, 0.3) is 0 Å². The van der Waals surface area contributed by atoms with Crippen LogP contribution in [0.3, 0.4) is 0 Å². The highest BCUT2D eigenvalue weighted by Gasteiger charge is 2.23. The van der Waals surface area contributed by atoms with E-state index in [-0.39, 0.29) is 5.56 Å². The molecular weight excluding hydrogens is 175 g/mol. The van der Waals surface area contributed by atoms with Crippen molar-refractivity contribution in [3.05, 3.63) is 23.5 Å². The summed E-state index contributed by atoms with van der Waals surface area (Å²) in [6.07, 6.45) is 0. The lowest BCUT2D eigenvalue weighted by molar-refractivity contribution is 0.0738. The summed E-state index contributed by atoms with van der Waals surface area (Å²) in [6.45, 7) is 2.78. The molecule has 0 aromatic heterocycles. The Hall–Kier alpha value is -1.29. The van der Waals surface area contributed by atoms with E-state index in [9.17, 15) is 9.50 Å². The van der Waals surface area contributed by atoms with Gasteiger partial charge < -0.3 is 15.3 Å². The van der Waals surface area contributed by atoms with Crippen LogP contribution in [0.15, 0.2) is 12.1 Å². The van der Waals surface area contributed by atoms with Crippen molar-refractivity contribution in [2.45, 2.75) is 19.4 Å². The van der Waals surface area contributed by atoms with E-state index in [1.165, 1.54) is 19.9 Å². The Morgan fingerprint density at radius 1 is 1.23 bits per heavy atom. The molecule has 0 saturated heterocycles. The highest BCUT2D eigenvalue weighted by atomic mass is 19.1. The Kier molecular flexibility index (Phi) is 2.17. The number of rotatable bonds is 1. The first kappa shape index (κ1) is 9.80. The number of aliphatic hydroxyl groups is 1. The second kappa shape index (κ2) is 2.88. The van der Waals surface area contributed by atoms with Gasteiger partial charge in [0.05, 0.1) is 5.60 Å². The number of phenolic OH excluding ortho intramolecular Hbond substituents is 2. The fourth-order valence-corrected chi connectivity index (χ4v) is 1.03. The molecule has 1 aromatic rings. The van der Waals surface area contributed by atoms with Gasteiger partial charge in [-0.25, -0.2) is 4.39 Å². The molecule has 0 amide bonds. The first-order chi connectivity index (χ1) is 5.84. The van der Waals surface area contributed by atoms with Crippen LogP contribution in [0.5, 0.6) is 11.5 Å². The molecule has 4 heteroatoms. The minimum Gasteiger partial charge on any atom is -0.504 e. The number of hydrogen-bond acceptors (Lipinski definition) is 3. The quantitative estimate of drug-likeness (QED) is 0.582. The van der Waals surface area contributed by atoms with Gasteiger partial charge in [0.1, 0.15) is 0 Å². The van der Waals surface area contributed by atoms with E-state index in [2.05, 4.69) is 0 Å². The zero-order valence-electron chi connectivity index (χ0n) is 7.37. The van der Waals surface area contributed by atoms with E-state index in [4.69, 9.17) is 10.2 Å². The van der Waals surface area contributed by atoms with E-state index in [1.54, 1.807) is 0 Å². The van der Waals surface area contributed by atoms with Crippen LogP contribution >= 0.6 is 0 Å². The normalized spacial score (nSPS) is 11.7. The molecule has 3 N–H and O–H groups in total. The SMILES string of the molecule is CC(C)(O)c1ccc(O)c(O)c1F. The van der Waals surface area contributed by atoms with Gasteiger partial charge in [-0.1, -0.05) is 0 Å². The lowest BCUT2D eigenvalue weighted by Crippen LogP contribution is -2.17. The number of phenols is 2. The second-order valence-electron chi connectivity index (χ2n) is 3.35. The van der Waals surface area contributed by atoms with Crippen LogP contribution in [0.25, 0.3) is 0 Å². The van der Waals surface area contributed by atoms with Crippen LogP contribution < -0.4 is 0 Å². The summed E-state index contributed by atoms with van der Waals surface area (Å²) < 4.78 is 13.2. The molecule has 0 fully saturated rings. The number of hydrogen-bond donors (Lipinski definition) is 3. The Balaban J connectivity index is 3.35. The molecule has 1 aromatic carbocycles. The summed E-state index contributed by atoms with van der Waals surface area (Å²) in [7, 11) is 0. The molecule has 13 heavy (non-hydrogen) atoms. The molecule has 3 nitrogen and oxygen atoms in total. The maximum absolute atomic E-state index is 13.2. The highest BCUT2D eigenvalue weighted by Crippen LogP contribution is 2.34. The van der Waals surface area contributed by atoms with Crippen molar-refractivity contribution in [2.24, 2.45) is 0 Å². The van der Waals surface area contributed by atoms with E-state index >= 15 is 0 Å². The van der Waals surface area contributed by atoms with E-state index < -0.39 is 22.9 Å². The van der Waals surface area contributed by atoms with Gasteiger partial charge in [0.15, 0.2) is 17.3 Å². The Labute approximate surface area is 75.1 Å². The molecular formula is C9H11FO3. The Bertz CT molecular complexity index is 328. The minimum absolute atomic E-state index is 0.0530. The molecule has 1 rings (SSSR count). The van der Waals surface area contributed by atoms with E-state index in [1.807, 2.05) is 0 Å². The van der Waals surface area contributed by atoms with Crippen LogP contribution in [0.2, 0.25) is 0 Å². The maximum Gasteiger partial charge on any atom is 0.194 e. The third kappa shape index (κ3) is 1.72. The van der Waals surface area contributed by atoms with Crippen LogP contribution in [0.1, 0.15) is 19.4 Å². The zero-order valence-corrected chi connectivity index (χ0v) is 7.37. The first-order valence-corrected chi connectivity index (χ1v) is 3.77. The van der Waals surface area contributed by atoms with Crippen molar-refractivity contribution in [3.63, 3.8) is 0 Å². The summed E-state index contributed by atoms with van der Waals surface area (Å²) >= 11 is 0. The zero-order chi connectivity index (χ0) is 10.2. The Morgan fingerprint density at radius 3 is 2.23 bits per heavy atom. The molecule has 0 heterocycles. The van der Waals surface area contributed by atoms with Crippen LogP contribution in [0, 0.1) is 5.82 Å². The lowest BCUT2D eigenvalue weighted by Gasteiger charge is -2.18. The van der Waals surface area contributed by atoms with Gasteiger partial charge in [-0.15, -0.1) is 0 Å². The predicted molar refractivity (Wildman–Crippen MR) is 45.0 cm³/mol. The van der Waals surface area contributed by atoms with Crippen LogP contribution in [-0.4, -0.2) is 15.3 Å². The average Bonchev–Trinajstić information content (AvgIpc) is 1.98. The molecule has 0 bridgehead atoms. The summed E-state index contributed by atoms with van der Waals surface area (Å²) in [5.74, 6) is -2.36. The Morgan fingerprint density at radius 2 is 1.77 bits per heavy atom. The van der Waals surface area contributed by atoms with Crippen molar-refractivity contribution in [2.75, 3.05) is 0 Å². The number of benzene rings is 1. The number of aromatic hydroxyl groups is 2. The third-order valence-electron chi connectivity index (χ3n) is 1.75. The lowest BCUT2D eigenvalue weighted by atomic mass is 9.97. The summed E-state index contributed by atoms with van der Waals surface area (Å²) in [4.78, 5) is 0. The smallest absolute Gasteiger partial charge is 0.194 e. The highest BCUT2D eigenvalue weighted by molar-refractivity contribution is 5.43. The summed E-state index contributed by atoms with van der Waals surface area (Å²) in [6, 6.07) is 2.36. The topological polar surface area (TPSA) is 60.7 Å². The minimum atomic E-state index is -1.38. The molecule has 0 aliphatic carbocycles. The monoisotopic (exact) mass is 186 g/mol. The predicted octanol–water partition coefficient (Wildman–Crippen LogP) is 1.46. The van der Waals surface area contributed by atoms with Crippen molar-refractivity contribution < 1.29 is 19.7 Å². The van der Waals surface area contributed by atoms with Crippen LogP contribution in [-0.2, 0) is 5.60 Å². The molecule has 0 saturated carbocycles. The van der Waals surface area contributed by atoms with Crippen molar-refractivity contribution >= 4 is 0 Å².